The van der Waals surface area contributed by atoms with Crippen LogP contribution in [0.5, 0.6) is 5.75 Å². The fraction of sp³-hybridized carbons (Fsp3) is 0.423. The molecule has 0 aliphatic carbocycles. The summed E-state index contributed by atoms with van der Waals surface area (Å²) < 4.78 is 21.3. The molecule has 4 heterocycles. The van der Waals surface area contributed by atoms with Crippen LogP contribution in [0.25, 0.3) is 11.0 Å². The average molecular weight is 496 g/mol. The number of hydrogen-bond acceptors (Lipinski definition) is 6. The summed E-state index contributed by atoms with van der Waals surface area (Å²) in [4.78, 5) is 22.4. The SMILES string of the molecule is CC[C@@H]1CN2c3c(c(=O)n(C)c4ccc(C#N)nc34)OC[C@@H]2CN1[C@H](CC)c1ccc(F)cc1Cl. The Hall–Kier alpha value is -3.15. The Kier molecular flexibility index (Phi) is 6.16. The summed E-state index contributed by atoms with van der Waals surface area (Å²) in [6.45, 7) is 5.99. The fourth-order valence-corrected chi connectivity index (χ4v) is 5.84. The number of halogens is 2. The predicted molar refractivity (Wildman–Crippen MR) is 134 cm³/mol. The highest BCUT2D eigenvalue weighted by atomic mass is 35.5. The molecule has 0 N–H and O–H groups in total. The normalized spacial score (nSPS) is 20.6. The molecule has 2 aromatic heterocycles. The van der Waals surface area contributed by atoms with Gasteiger partial charge in [0.15, 0.2) is 0 Å². The number of benzene rings is 1. The summed E-state index contributed by atoms with van der Waals surface area (Å²) in [5.74, 6) is -0.0591. The first-order chi connectivity index (χ1) is 16.9. The zero-order chi connectivity index (χ0) is 24.9. The van der Waals surface area contributed by atoms with Crippen molar-refractivity contribution in [2.24, 2.45) is 7.05 Å². The number of hydrogen-bond donors (Lipinski definition) is 0. The van der Waals surface area contributed by atoms with Crippen molar-refractivity contribution < 1.29 is 9.13 Å². The molecule has 1 aromatic carbocycles. The van der Waals surface area contributed by atoms with Crippen LogP contribution < -0.4 is 15.2 Å². The number of rotatable bonds is 4. The molecule has 0 amide bonds. The van der Waals surface area contributed by atoms with Gasteiger partial charge in [0.2, 0.25) is 5.75 Å². The molecule has 182 valence electrons. The lowest BCUT2D eigenvalue weighted by Gasteiger charge is -2.51. The Bertz CT molecular complexity index is 1400. The minimum atomic E-state index is -0.347. The van der Waals surface area contributed by atoms with E-state index in [9.17, 15) is 14.4 Å². The largest absolute Gasteiger partial charge is 0.484 e. The number of fused-ring (bicyclic) bond motifs is 5. The number of ether oxygens (including phenoxy) is 1. The second-order valence-corrected chi connectivity index (χ2v) is 9.59. The van der Waals surface area contributed by atoms with Crippen LogP contribution in [0.3, 0.4) is 0 Å². The van der Waals surface area contributed by atoms with Crippen LogP contribution in [0, 0.1) is 17.1 Å². The number of piperazine rings is 1. The minimum Gasteiger partial charge on any atom is -0.484 e. The molecule has 2 aliphatic heterocycles. The van der Waals surface area contributed by atoms with Gasteiger partial charge in [-0.3, -0.25) is 9.69 Å². The number of anilines is 1. The summed E-state index contributed by atoms with van der Waals surface area (Å²) >= 11 is 6.47. The zero-order valence-corrected chi connectivity index (χ0v) is 20.7. The lowest BCUT2D eigenvalue weighted by Crippen LogP contribution is -2.62. The number of aromatic nitrogens is 2. The van der Waals surface area contributed by atoms with Gasteiger partial charge in [-0.15, -0.1) is 0 Å². The van der Waals surface area contributed by atoms with Gasteiger partial charge in [0.25, 0.3) is 5.56 Å². The first-order valence-electron chi connectivity index (χ1n) is 11.9. The monoisotopic (exact) mass is 495 g/mol. The van der Waals surface area contributed by atoms with Crippen LogP contribution in [0.1, 0.15) is 44.0 Å². The maximum absolute atomic E-state index is 13.7. The molecule has 7 nitrogen and oxygen atoms in total. The van der Waals surface area contributed by atoms with E-state index in [0.29, 0.717) is 47.1 Å². The third kappa shape index (κ3) is 3.83. The Labute approximate surface area is 208 Å². The van der Waals surface area contributed by atoms with Crippen molar-refractivity contribution in [3.8, 4) is 11.8 Å². The van der Waals surface area contributed by atoms with Crippen molar-refractivity contribution in [3.05, 3.63) is 62.8 Å². The standard InChI is InChI=1S/C26H27ClFN5O2/c1-4-17-12-33-18(13-32(17)21(5-2)19-8-6-15(28)10-20(19)27)14-35-25-24(33)23-22(31(3)26(25)34)9-7-16(11-29)30-23/h6-10,17-18,21H,4-5,12-14H2,1-3H3/t17-,18+,21-/m1/s1. The summed E-state index contributed by atoms with van der Waals surface area (Å²) in [7, 11) is 1.69. The molecule has 3 aromatic rings. The maximum atomic E-state index is 13.7. The van der Waals surface area contributed by atoms with Crippen LogP contribution in [0.2, 0.25) is 5.02 Å². The second-order valence-electron chi connectivity index (χ2n) is 9.18. The summed E-state index contributed by atoms with van der Waals surface area (Å²) in [5, 5.41) is 9.87. The third-order valence-electron chi connectivity index (χ3n) is 7.31. The smallest absolute Gasteiger partial charge is 0.295 e. The summed E-state index contributed by atoms with van der Waals surface area (Å²) in [6, 6.07) is 10.3. The van der Waals surface area contributed by atoms with Gasteiger partial charge in [-0.05, 0) is 42.7 Å². The van der Waals surface area contributed by atoms with E-state index >= 15 is 0 Å². The van der Waals surface area contributed by atoms with E-state index < -0.39 is 0 Å². The molecule has 0 unspecified atom stereocenters. The van der Waals surface area contributed by atoms with Gasteiger partial charge in [-0.25, -0.2) is 9.37 Å². The summed E-state index contributed by atoms with van der Waals surface area (Å²) in [6.07, 6.45) is 1.71. The van der Waals surface area contributed by atoms with Gasteiger partial charge in [-0.1, -0.05) is 31.5 Å². The molecule has 5 rings (SSSR count). The predicted octanol–water partition coefficient (Wildman–Crippen LogP) is 4.41. The van der Waals surface area contributed by atoms with E-state index in [0.717, 1.165) is 18.4 Å². The third-order valence-corrected chi connectivity index (χ3v) is 7.64. The highest BCUT2D eigenvalue weighted by Crippen LogP contribution is 2.42. The Morgan fingerprint density at radius 1 is 1.29 bits per heavy atom. The molecule has 2 aliphatic rings. The lowest BCUT2D eigenvalue weighted by atomic mass is 9.94. The average Bonchev–Trinajstić information content (AvgIpc) is 2.87. The van der Waals surface area contributed by atoms with Crippen molar-refractivity contribution in [1.29, 1.82) is 5.26 Å². The van der Waals surface area contributed by atoms with Gasteiger partial charge in [0, 0.05) is 37.2 Å². The van der Waals surface area contributed by atoms with E-state index in [2.05, 4.69) is 34.7 Å². The number of aryl methyl sites for hydroxylation is 1. The minimum absolute atomic E-state index is 0.0126. The van der Waals surface area contributed by atoms with Crippen LogP contribution in [-0.2, 0) is 7.05 Å². The molecular formula is C26H27ClFN5O2. The van der Waals surface area contributed by atoms with E-state index in [1.807, 2.05) is 0 Å². The highest BCUT2D eigenvalue weighted by molar-refractivity contribution is 6.31. The quantitative estimate of drug-likeness (QED) is 0.533. The van der Waals surface area contributed by atoms with Crippen LogP contribution in [0.4, 0.5) is 10.1 Å². The van der Waals surface area contributed by atoms with E-state index in [-0.39, 0.29) is 35.3 Å². The zero-order valence-electron chi connectivity index (χ0n) is 20.0. The van der Waals surface area contributed by atoms with Crippen molar-refractivity contribution >= 4 is 28.3 Å². The van der Waals surface area contributed by atoms with Gasteiger partial charge < -0.3 is 14.2 Å². The molecule has 0 spiro atoms. The van der Waals surface area contributed by atoms with Gasteiger partial charge in [-0.2, -0.15) is 5.26 Å². The van der Waals surface area contributed by atoms with E-state index in [4.69, 9.17) is 16.3 Å². The number of nitriles is 1. The molecule has 0 saturated carbocycles. The molecule has 0 radical (unpaired) electrons. The van der Waals surface area contributed by atoms with Gasteiger partial charge >= 0.3 is 0 Å². The highest BCUT2D eigenvalue weighted by Gasteiger charge is 2.42. The topological polar surface area (TPSA) is 74.4 Å². The van der Waals surface area contributed by atoms with Gasteiger partial charge in [0.1, 0.15) is 35.4 Å². The molecule has 1 fully saturated rings. The Morgan fingerprint density at radius 2 is 2.09 bits per heavy atom. The molecule has 3 atom stereocenters. The Morgan fingerprint density at radius 3 is 2.77 bits per heavy atom. The molecule has 9 heteroatoms. The second kappa shape index (κ2) is 9.14. The first kappa shape index (κ1) is 23.6. The molecule has 0 bridgehead atoms. The molecule has 1 saturated heterocycles. The van der Waals surface area contributed by atoms with Crippen molar-refractivity contribution in [2.75, 3.05) is 24.6 Å². The van der Waals surface area contributed by atoms with Crippen molar-refractivity contribution in [2.45, 2.75) is 44.8 Å². The van der Waals surface area contributed by atoms with E-state index in [1.165, 1.54) is 16.7 Å². The Balaban J connectivity index is 1.59. The molecular weight excluding hydrogens is 469 g/mol. The molecule has 35 heavy (non-hydrogen) atoms. The van der Waals surface area contributed by atoms with Crippen molar-refractivity contribution in [3.63, 3.8) is 0 Å². The summed E-state index contributed by atoms with van der Waals surface area (Å²) in [5.41, 5.74) is 2.93. The van der Waals surface area contributed by atoms with Gasteiger partial charge in [0.05, 0.1) is 11.6 Å². The van der Waals surface area contributed by atoms with Crippen LogP contribution in [0.15, 0.2) is 35.1 Å². The maximum Gasteiger partial charge on any atom is 0.295 e. The number of nitrogens with zero attached hydrogens (tertiary/aromatic N) is 5. The van der Waals surface area contributed by atoms with E-state index in [1.54, 1.807) is 25.2 Å². The number of pyridine rings is 2. The fourth-order valence-electron chi connectivity index (χ4n) is 5.54. The first-order valence-corrected chi connectivity index (χ1v) is 12.3. The van der Waals surface area contributed by atoms with Crippen molar-refractivity contribution in [1.82, 2.24) is 14.5 Å². The van der Waals surface area contributed by atoms with Crippen LogP contribution in [-0.4, -0.2) is 46.2 Å². The van der Waals surface area contributed by atoms with Crippen LogP contribution >= 0.6 is 11.6 Å². The lowest BCUT2D eigenvalue weighted by molar-refractivity contribution is 0.0720.